The molecule has 1 amide bonds. The van der Waals surface area contributed by atoms with Crippen molar-refractivity contribution in [3.05, 3.63) is 22.8 Å². The monoisotopic (exact) mass is 379 g/mol. The van der Waals surface area contributed by atoms with E-state index in [0.717, 1.165) is 38.4 Å². The Morgan fingerprint density at radius 1 is 1.40 bits per heavy atom. The number of pyridine rings is 1. The number of nitrogens with one attached hydrogen (secondary N) is 2. The fourth-order valence-electron chi connectivity index (χ4n) is 2.62. The number of carbonyl (C=O) groups excluding carboxylic acids is 1. The van der Waals surface area contributed by atoms with Crippen LogP contribution in [0, 0.1) is 5.92 Å². The van der Waals surface area contributed by atoms with E-state index in [-0.39, 0.29) is 30.0 Å². The molecule has 140 valence electrons. The van der Waals surface area contributed by atoms with E-state index in [4.69, 9.17) is 16.3 Å². The smallest absolute Gasteiger partial charge is 0.417 e. The molecule has 0 spiro atoms. The second-order valence-corrected chi connectivity index (χ2v) is 6.35. The number of halogens is 4. The van der Waals surface area contributed by atoms with Gasteiger partial charge in [0.2, 0.25) is 11.8 Å². The van der Waals surface area contributed by atoms with Crippen molar-refractivity contribution < 1.29 is 22.7 Å². The highest BCUT2D eigenvalue weighted by Gasteiger charge is 2.31. The first-order chi connectivity index (χ1) is 11.9. The molecule has 25 heavy (non-hydrogen) atoms. The number of rotatable bonds is 7. The van der Waals surface area contributed by atoms with Crippen molar-refractivity contribution in [2.45, 2.75) is 31.9 Å². The van der Waals surface area contributed by atoms with Crippen LogP contribution in [-0.4, -0.2) is 37.1 Å². The zero-order valence-corrected chi connectivity index (χ0v) is 14.4. The number of amides is 1. The highest BCUT2D eigenvalue weighted by Crippen LogP contribution is 2.32. The summed E-state index contributed by atoms with van der Waals surface area (Å²) >= 11 is 5.73. The van der Waals surface area contributed by atoms with Crippen LogP contribution in [0.1, 0.15) is 31.2 Å². The second kappa shape index (κ2) is 9.24. The normalized spacial score (nSPS) is 15.8. The van der Waals surface area contributed by atoms with Gasteiger partial charge in [0.15, 0.2) is 0 Å². The Labute approximate surface area is 149 Å². The van der Waals surface area contributed by atoms with Gasteiger partial charge in [0.1, 0.15) is 11.6 Å². The lowest BCUT2D eigenvalue weighted by Crippen LogP contribution is -2.31. The predicted molar refractivity (Wildman–Crippen MR) is 87.6 cm³/mol. The van der Waals surface area contributed by atoms with E-state index >= 15 is 0 Å². The average Bonchev–Trinajstić information content (AvgIpc) is 2.58. The van der Waals surface area contributed by atoms with Crippen LogP contribution in [0.3, 0.4) is 0 Å². The van der Waals surface area contributed by atoms with Crippen molar-refractivity contribution in [2.24, 2.45) is 5.92 Å². The third kappa shape index (κ3) is 6.70. The van der Waals surface area contributed by atoms with Crippen molar-refractivity contribution >= 4 is 17.5 Å². The van der Waals surface area contributed by atoms with Gasteiger partial charge in [-0.15, -0.1) is 0 Å². The molecule has 1 aliphatic rings. The Morgan fingerprint density at radius 3 is 2.76 bits per heavy atom. The minimum absolute atomic E-state index is 0.0615. The van der Waals surface area contributed by atoms with Gasteiger partial charge in [-0.2, -0.15) is 13.2 Å². The first-order valence-electron chi connectivity index (χ1n) is 8.19. The summed E-state index contributed by atoms with van der Waals surface area (Å²) in [6.07, 6.45) is -0.329. The van der Waals surface area contributed by atoms with Crippen molar-refractivity contribution in [1.82, 2.24) is 15.6 Å². The first kappa shape index (κ1) is 19.8. The summed E-state index contributed by atoms with van der Waals surface area (Å²) in [6, 6.07) is 0.765. The Hall–Kier alpha value is -1.54. The first-order valence-corrected chi connectivity index (χ1v) is 8.57. The van der Waals surface area contributed by atoms with Gasteiger partial charge in [-0.3, -0.25) is 4.79 Å². The number of aromatic nitrogens is 1. The molecule has 2 N–H and O–H groups in total. The zero-order valence-electron chi connectivity index (χ0n) is 13.7. The molecule has 0 aliphatic carbocycles. The van der Waals surface area contributed by atoms with Gasteiger partial charge in [0.25, 0.3) is 0 Å². The maximum atomic E-state index is 12.5. The topological polar surface area (TPSA) is 63.2 Å². The van der Waals surface area contributed by atoms with Gasteiger partial charge < -0.3 is 15.4 Å². The second-order valence-electron chi connectivity index (χ2n) is 5.94. The van der Waals surface area contributed by atoms with Gasteiger partial charge in [-0.05, 0) is 44.3 Å². The summed E-state index contributed by atoms with van der Waals surface area (Å²) in [5, 5.41) is 5.78. The maximum absolute atomic E-state index is 12.5. The number of ether oxygens (including phenoxy) is 1. The summed E-state index contributed by atoms with van der Waals surface area (Å²) in [4.78, 5) is 15.3. The van der Waals surface area contributed by atoms with Crippen LogP contribution in [0.2, 0.25) is 5.02 Å². The highest BCUT2D eigenvalue weighted by molar-refractivity contribution is 6.31. The SMILES string of the molecule is O=C(CCC1CCNCC1)NCCOc1ncc(C(F)(F)F)cc1Cl. The predicted octanol–water partition coefficient (Wildman–Crippen LogP) is 3.03. The number of piperidine rings is 1. The fraction of sp³-hybridized carbons (Fsp3) is 0.625. The van der Waals surface area contributed by atoms with Crippen LogP contribution in [0.5, 0.6) is 5.88 Å². The van der Waals surface area contributed by atoms with E-state index in [0.29, 0.717) is 18.5 Å². The third-order valence-electron chi connectivity index (χ3n) is 4.04. The largest absolute Gasteiger partial charge is 0.475 e. The van der Waals surface area contributed by atoms with E-state index in [1.807, 2.05) is 0 Å². The van der Waals surface area contributed by atoms with Crippen molar-refractivity contribution in [1.29, 1.82) is 0 Å². The van der Waals surface area contributed by atoms with E-state index in [1.165, 1.54) is 0 Å². The molecule has 1 fully saturated rings. The molecule has 0 radical (unpaired) electrons. The molecule has 1 aliphatic heterocycles. The number of hydrogen-bond donors (Lipinski definition) is 2. The Kier molecular flexibility index (Phi) is 7.31. The van der Waals surface area contributed by atoms with Crippen LogP contribution in [0.15, 0.2) is 12.3 Å². The Morgan fingerprint density at radius 2 is 2.12 bits per heavy atom. The van der Waals surface area contributed by atoms with E-state index in [2.05, 4.69) is 15.6 Å². The molecular weight excluding hydrogens is 359 g/mol. The summed E-state index contributed by atoms with van der Waals surface area (Å²) in [5.41, 5.74) is -0.934. The van der Waals surface area contributed by atoms with Crippen LogP contribution < -0.4 is 15.4 Å². The highest BCUT2D eigenvalue weighted by atomic mass is 35.5. The van der Waals surface area contributed by atoms with Crippen molar-refractivity contribution in [2.75, 3.05) is 26.2 Å². The van der Waals surface area contributed by atoms with Gasteiger partial charge in [0.05, 0.1) is 12.1 Å². The fourth-order valence-corrected chi connectivity index (χ4v) is 2.84. The molecule has 2 rings (SSSR count). The Balaban J connectivity index is 1.66. The lowest BCUT2D eigenvalue weighted by molar-refractivity contribution is -0.137. The number of alkyl halides is 3. The lowest BCUT2D eigenvalue weighted by Gasteiger charge is -2.22. The van der Waals surface area contributed by atoms with Gasteiger partial charge >= 0.3 is 6.18 Å². The standard InChI is InChI=1S/C16H21ClF3N3O2/c17-13-9-12(16(18,19)20)10-23-15(13)25-8-7-22-14(24)2-1-11-3-5-21-6-4-11/h9-11,21H,1-8H2,(H,22,24). The van der Waals surface area contributed by atoms with Crippen LogP contribution in [0.25, 0.3) is 0 Å². The van der Waals surface area contributed by atoms with Gasteiger partial charge in [0, 0.05) is 12.6 Å². The number of hydrogen-bond acceptors (Lipinski definition) is 4. The number of carbonyl (C=O) groups is 1. The van der Waals surface area contributed by atoms with Crippen molar-refractivity contribution in [3.8, 4) is 5.88 Å². The average molecular weight is 380 g/mol. The summed E-state index contributed by atoms with van der Waals surface area (Å²) in [5.74, 6) is 0.436. The number of nitrogens with zero attached hydrogens (tertiary/aromatic N) is 1. The third-order valence-corrected chi connectivity index (χ3v) is 4.31. The molecule has 0 bridgehead atoms. The van der Waals surface area contributed by atoms with Gasteiger partial charge in [-0.1, -0.05) is 11.6 Å². The minimum atomic E-state index is -4.50. The molecule has 0 aromatic carbocycles. The van der Waals surface area contributed by atoms with Crippen LogP contribution in [-0.2, 0) is 11.0 Å². The minimum Gasteiger partial charge on any atom is -0.475 e. The van der Waals surface area contributed by atoms with E-state index in [1.54, 1.807) is 0 Å². The summed E-state index contributed by atoms with van der Waals surface area (Å²) in [7, 11) is 0. The van der Waals surface area contributed by atoms with E-state index < -0.39 is 11.7 Å². The molecule has 0 unspecified atom stereocenters. The molecule has 5 nitrogen and oxygen atoms in total. The molecule has 0 atom stereocenters. The van der Waals surface area contributed by atoms with Crippen LogP contribution in [0.4, 0.5) is 13.2 Å². The molecule has 0 saturated carbocycles. The maximum Gasteiger partial charge on any atom is 0.417 e. The van der Waals surface area contributed by atoms with E-state index in [9.17, 15) is 18.0 Å². The quantitative estimate of drug-likeness (QED) is 0.715. The zero-order chi connectivity index (χ0) is 18.3. The van der Waals surface area contributed by atoms with Gasteiger partial charge in [-0.25, -0.2) is 4.98 Å². The molecular formula is C16H21ClF3N3O2. The van der Waals surface area contributed by atoms with Crippen LogP contribution >= 0.6 is 11.6 Å². The van der Waals surface area contributed by atoms with Crippen molar-refractivity contribution in [3.63, 3.8) is 0 Å². The summed E-state index contributed by atoms with van der Waals surface area (Å²) in [6.45, 7) is 2.32. The molecule has 9 heteroatoms. The summed E-state index contributed by atoms with van der Waals surface area (Å²) < 4.78 is 42.8. The Bertz CT molecular complexity index is 578. The molecule has 1 aromatic heterocycles. The molecule has 1 saturated heterocycles. The molecule has 1 aromatic rings. The molecule has 2 heterocycles. The lowest BCUT2D eigenvalue weighted by atomic mass is 9.93.